The summed E-state index contributed by atoms with van der Waals surface area (Å²) in [7, 11) is -6.51. The molecule has 109 heavy (non-hydrogen) atoms. The van der Waals surface area contributed by atoms with Gasteiger partial charge < -0.3 is 40.2 Å². The monoisotopic (exact) mass is 1890 g/mol. The van der Waals surface area contributed by atoms with Gasteiger partial charge in [-0.05, 0) is 134 Å². The summed E-state index contributed by atoms with van der Waals surface area (Å²) < 4.78 is 101. The predicted octanol–water partition coefficient (Wildman–Crippen LogP) is 19.8. The molecule has 6 heterocycles. The van der Waals surface area contributed by atoms with Crippen LogP contribution >= 0.6 is 0 Å². The molecular formula is C89H104F3Ir2N6O6SSi2-2. The van der Waals surface area contributed by atoms with Crippen molar-refractivity contribution in [1.82, 2.24) is 29.9 Å². The third-order valence-electron chi connectivity index (χ3n) is 14.4. The molecule has 0 fully saturated rings. The second kappa shape index (κ2) is 51.8. The topological polar surface area (TPSA) is 192 Å². The Hall–Kier alpha value is -8.47. The van der Waals surface area contributed by atoms with Crippen molar-refractivity contribution >= 4 is 36.6 Å². The molecule has 0 aliphatic heterocycles. The van der Waals surface area contributed by atoms with E-state index in [1.807, 2.05) is 153 Å². The third kappa shape index (κ3) is 37.7. The van der Waals surface area contributed by atoms with Gasteiger partial charge in [0.2, 0.25) is 0 Å². The van der Waals surface area contributed by atoms with E-state index >= 15 is 0 Å². The molecule has 1 radical (unpaired) electrons. The Morgan fingerprint density at radius 3 is 0.936 bits per heavy atom. The molecule has 6 aromatic heterocycles. The van der Waals surface area contributed by atoms with Crippen LogP contribution in [0.2, 0.25) is 39.3 Å². The Morgan fingerprint density at radius 1 is 0.431 bits per heavy atom. The number of alkyl halides is 3. The first kappa shape index (κ1) is 87.8. The van der Waals surface area contributed by atoms with Crippen LogP contribution in [0.25, 0.3) is 67.5 Å². The van der Waals surface area contributed by atoms with Gasteiger partial charge in [-0.3, -0.25) is 9.54 Å². The van der Waals surface area contributed by atoms with Gasteiger partial charge in [-0.25, -0.2) is 0 Å². The van der Waals surface area contributed by atoms with E-state index < -0.39 is 45.5 Å². The largest absolute Gasteiger partial charge is 3.00 e. The van der Waals surface area contributed by atoms with Crippen molar-refractivity contribution in [2.24, 2.45) is 11.8 Å². The summed E-state index contributed by atoms with van der Waals surface area (Å²) in [5, 5.41) is 24.6. The van der Waals surface area contributed by atoms with E-state index in [2.05, 4.69) is 183 Å². The molecule has 0 aliphatic carbocycles. The number of aromatic nitrogens is 6. The zero-order valence-electron chi connectivity index (χ0n) is 70.4. The Labute approximate surface area is 684 Å². The maximum Gasteiger partial charge on any atom is 3.00 e. The number of hydrogen-bond acceptors (Lipinski definition) is 11. The van der Waals surface area contributed by atoms with Gasteiger partial charge in [0.15, 0.2) is 0 Å². The van der Waals surface area contributed by atoms with Crippen molar-refractivity contribution < 1.29 is 89.9 Å². The normalized spacial score (nSPS) is 11.4. The second-order valence-electron chi connectivity index (χ2n) is 26.3. The molecule has 0 amide bonds. The van der Waals surface area contributed by atoms with Crippen LogP contribution < -0.4 is 10.4 Å². The van der Waals surface area contributed by atoms with Gasteiger partial charge in [0, 0.05) is 89.9 Å². The Balaban J connectivity index is 0.000000668. The first-order valence-electron chi connectivity index (χ1n) is 37.5. The van der Waals surface area contributed by atoms with Gasteiger partial charge in [0.25, 0.3) is 0 Å². The van der Waals surface area contributed by atoms with Crippen LogP contribution in [0.4, 0.5) is 13.2 Å². The van der Waals surface area contributed by atoms with Gasteiger partial charge >= 0.3 is 35.7 Å². The molecule has 0 spiro atoms. The molecule has 0 atom stereocenters. The van der Waals surface area contributed by atoms with Crippen LogP contribution in [0, 0.1) is 69.7 Å². The van der Waals surface area contributed by atoms with Crippen molar-refractivity contribution in [2.75, 3.05) is 20.8 Å². The van der Waals surface area contributed by atoms with Gasteiger partial charge in [0.1, 0.15) is 0 Å². The Morgan fingerprint density at radius 2 is 0.688 bits per heavy atom. The fraction of sp³-hybridized carbons (Fsp3) is 0.258. The van der Waals surface area contributed by atoms with E-state index in [-0.39, 0.29) is 58.2 Å². The number of benzene rings is 6. The summed E-state index contributed by atoms with van der Waals surface area (Å²) in [6, 6.07) is 91.2. The fourth-order valence-corrected chi connectivity index (χ4v) is 13.0. The number of aryl methyl sites for hydroxylation is 4. The predicted molar refractivity (Wildman–Crippen MR) is 441 cm³/mol. The molecule has 0 saturated heterocycles. The van der Waals surface area contributed by atoms with Crippen LogP contribution in [-0.2, 0) is 63.2 Å². The summed E-state index contributed by atoms with van der Waals surface area (Å²) >= 11 is 0. The standard InChI is InChI=1S/C18H25NSi.C18H24NSi.4C12H10N.C2H6O.CHF3O3S.2CH4O.2Ir/c2*1-14(2)11-16-12-17(15-9-7-6-8-10-15)19-13-18(16)20(3,4)5;4*1-10-6-5-9-12(13-10)11-7-3-2-4-8-11;1-2-3;2-1(3,4)8(5,6)7;2*1-2;;/h6-10,12-14H,11H2,1-5H3;6-9,12-14H,11H2,1-5H3;4*2-7,9H,1H3;3H,2H2,1H3;(H,5,6,7);2*2H,1H3;;/q;5*-1;;;;;;+3/i;;2*1D3;;;;;;;;. The zero-order chi connectivity index (χ0) is 84.6. The fourth-order valence-electron chi connectivity index (χ4n) is 9.80. The molecular weight excluding hydrogens is 1780 g/mol. The van der Waals surface area contributed by atoms with Crippen molar-refractivity contribution in [3.05, 3.63) is 313 Å². The Kier molecular flexibility index (Phi) is 41.7. The number of hydrogen-bond donors (Lipinski definition) is 4. The van der Waals surface area contributed by atoms with Crippen LogP contribution in [0.1, 0.15) is 76.7 Å². The zero-order valence-corrected chi connectivity index (χ0v) is 72.1. The minimum atomic E-state index is -5.84. The quantitative estimate of drug-likeness (QED) is 0.0392. The molecule has 0 unspecified atom stereocenters. The van der Waals surface area contributed by atoms with E-state index in [4.69, 9.17) is 41.5 Å². The van der Waals surface area contributed by atoms with E-state index in [0.29, 0.717) is 23.2 Å². The average Bonchev–Trinajstić information content (AvgIpc) is 0.804. The molecule has 12 nitrogen and oxygen atoms in total. The minimum absolute atomic E-state index is 0. The van der Waals surface area contributed by atoms with Crippen molar-refractivity contribution in [3.63, 3.8) is 0 Å². The van der Waals surface area contributed by atoms with Crippen molar-refractivity contribution in [2.45, 2.75) is 120 Å². The average molecular weight is 1890 g/mol. The third-order valence-corrected chi connectivity index (χ3v) is 19.1. The van der Waals surface area contributed by atoms with Crippen molar-refractivity contribution in [3.8, 4) is 67.5 Å². The number of nitrogens with zero attached hydrogens (tertiary/aromatic N) is 6. The molecule has 581 valence electrons. The van der Waals surface area contributed by atoms with Gasteiger partial charge in [0.05, 0.1) is 21.8 Å². The van der Waals surface area contributed by atoms with Gasteiger partial charge in [-0.2, -0.15) is 21.6 Å². The Bertz CT molecular complexity index is 4520. The summed E-state index contributed by atoms with van der Waals surface area (Å²) in [5.74, 6) is 1.34. The van der Waals surface area contributed by atoms with E-state index in [1.165, 1.54) is 39.2 Å². The van der Waals surface area contributed by atoms with Crippen LogP contribution in [-0.4, -0.2) is 101 Å². The number of halogens is 3. The number of aliphatic hydroxyl groups excluding tert-OH is 3. The molecule has 12 aromatic rings. The molecule has 6 aromatic carbocycles. The van der Waals surface area contributed by atoms with E-state index in [9.17, 15) is 13.2 Å². The number of rotatable bonds is 12. The molecule has 12 rings (SSSR count). The summed E-state index contributed by atoms with van der Waals surface area (Å²) in [4.78, 5) is 26.5. The number of aliphatic hydroxyl groups is 3. The second-order valence-corrected chi connectivity index (χ2v) is 37.8. The molecule has 0 bridgehead atoms. The summed E-state index contributed by atoms with van der Waals surface area (Å²) in [6.07, 6.45) is 6.51. The molecule has 0 saturated carbocycles. The number of pyridine rings is 6. The molecule has 0 aliphatic rings. The van der Waals surface area contributed by atoms with E-state index in [0.717, 1.165) is 89.0 Å². The minimum Gasteiger partial charge on any atom is -0.400 e. The first-order valence-corrected chi connectivity index (χ1v) is 43.0. The maximum absolute atomic E-state index is 10.7. The van der Waals surface area contributed by atoms with Crippen molar-refractivity contribution in [1.29, 1.82) is 0 Å². The van der Waals surface area contributed by atoms with Crippen LogP contribution in [0.3, 0.4) is 0 Å². The molecule has 4 N–H and O–H groups in total. The first-order chi connectivity index (χ1) is 53.3. The summed E-state index contributed by atoms with van der Waals surface area (Å²) in [6.45, 7) is 25.1. The maximum atomic E-state index is 10.7. The molecule has 20 heteroatoms. The van der Waals surface area contributed by atoms with Crippen LogP contribution in [0.15, 0.2) is 249 Å². The summed E-state index contributed by atoms with van der Waals surface area (Å²) in [5.41, 5.74) is 11.1. The van der Waals surface area contributed by atoms with E-state index in [1.54, 1.807) is 43.3 Å². The smallest absolute Gasteiger partial charge is 0.400 e. The SMILES string of the molecule is CC(C)Cc1cc(-c2[c-]cccc2)ncc1[Si](C)(C)C.CC(C)Cc1cc(-c2ccccc2)ncc1[Si](C)(C)C.CCO.CO.CO.Cc1cccc(-c2[c-]cccc2)n1.Cc1cccc(-c2[c-]cccc2)n1.O=S(=O)(O)C(F)(F)F.[2H]C([2H])([2H])c1cccc(-c2[c-]cccc2)n1.[2H]C([2H])([2H])c1cccc(-c2[c-]cccc2)n1.[Ir+3].[Ir]. The van der Waals surface area contributed by atoms with Gasteiger partial charge in [-0.15, -0.1) is 179 Å². The van der Waals surface area contributed by atoms with Crippen LogP contribution in [0.5, 0.6) is 0 Å². The van der Waals surface area contributed by atoms with Gasteiger partial charge in [-0.1, -0.05) is 157 Å².